The van der Waals surface area contributed by atoms with Crippen LogP contribution in [-0.2, 0) is 9.53 Å². The van der Waals surface area contributed by atoms with Crippen LogP contribution in [0.4, 0.5) is 26.3 Å². The molecule has 8 aliphatic heterocycles. The van der Waals surface area contributed by atoms with Gasteiger partial charge in [0.05, 0.1) is 32.8 Å². The van der Waals surface area contributed by atoms with Crippen molar-refractivity contribution in [3.8, 4) is 0 Å². The van der Waals surface area contributed by atoms with Gasteiger partial charge in [-0.25, -0.2) is 26.3 Å². The van der Waals surface area contributed by atoms with E-state index in [0.29, 0.717) is 47.7 Å². The summed E-state index contributed by atoms with van der Waals surface area (Å²) in [5.74, 6) is -6.98. The SMILES string of the molecule is CC(C)(C)N1CC(F)(F)C1.CC(C)(C)N1CCC(F)(F)C1.CC(C)(C)N1CCC(F)(F)CC1.CC(C)(C)N1CCC1.CC(C)(C)N1CCCC1.CC(C)(C)N1CCCC1=O.CC(C)(C)N1CCCCC1.CC(C)(C)N1CCOCC1. The summed E-state index contributed by atoms with van der Waals surface area (Å²) < 4.78 is 80.7. The lowest BCUT2D eigenvalue weighted by Crippen LogP contribution is -2.62. The summed E-state index contributed by atoms with van der Waals surface area (Å²) in [6.45, 7) is 65.6. The van der Waals surface area contributed by atoms with Crippen LogP contribution in [0.5, 0.6) is 0 Å². The molecule has 8 saturated heterocycles. The van der Waals surface area contributed by atoms with Crippen LogP contribution in [0.3, 0.4) is 0 Å². The van der Waals surface area contributed by atoms with Crippen LogP contribution in [0.25, 0.3) is 0 Å². The van der Waals surface area contributed by atoms with E-state index in [-0.39, 0.29) is 61.1 Å². The lowest BCUT2D eigenvalue weighted by atomic mass is 9.99. The van der Waals surface area contributed by atoms with Crippen LogP contribution in [0.2, 0.25) is 0 Å². The summed E-state index contributed by atoms with van der Waals surface area (Å²) in [5.41, 5.74) is 1.44. The van der Waals surface area contributed by atoms with E-state index in [0.717, 1.165) is 45.7 Å². The van der Waals surface area contributed by atoms with E-state index >= 15 is 0 Å². The molecule has 478 valence electrons. The standard InChI is InChI=1S/C9H17F2N.C9H19N.C8H15F2N.C8H17NO.C8H15NO.C8H17N.C7H13F2N.C7H15N/c1-8(2,3)12-6-4-9(10,11)5-7-12;1-9(2,3)10-7-5-4-6-8-10;1-7(2,3)11-5-4-8(9,10)6-11;1-8(2,3)9-4-6-10-7-5-9;1-8(2,3)9-6-4-5-7(9)10;1-8(2,3)9-6-4-5-7-9;1-6(2,3)10-4-7(8,9)5-10;1-7(2,3)8-5-4-6-8/h4-7H2,1-3H3;4-8H2,1-3H3;4-6H2,1-3H3;4-7H2,1-3H3;4-6H2,1-3H3;4-7H2,1-3H3;4-5H2,1-3H3;4-6H2,1-3H3. The van der Waals surface area contributed by atoms with Gasteiger partial charge in [-0.3, -0.25) is 39.1 Å². The molecule has 0 saturated carbocycles. The first-order valence-electron chi connectivity index (χ1n) is 31.1. The number of amides is 1. The molecule has 0 atom stereocenters. The Balaban J connectivity index is 0.000000458. The molecular formula is C64H128F6N8O2. The lowest BCUT2D eigenvalue weighted by molar-refractivity contribution is -0.160. The van der Waals surface area contributed by atoms with Crippen molar-refractivity contribution in [2.24, 2.45) is 0 Å². The maximum atomic E-state index is 12.7. The monoisotopic (exact) mass is 1160 g/mol. The van der Waals surface area contributed by atoms with Gasteiger partial charge >= 0.3 is 0 Å². The first-order chi connectivity index (χ1) is 35.9. The molecule has 10 nitrogen and oxygen atoms in total. The number of piperidine rings is 2. The maximum Gasteiger partial charge on any atom is 0.272 e. The number of halogens is 6. The highest BCUT2D eigenvalue weighted by atomic mass is 19.3. The second kappa shape index (κ2) is 31.4. The van der Waals surface area contributed by atoms with Crippen LogP contribution >= 0.6 is 0 Å². The molecule has 0 aromatic carbocycles. The van der Waals surface area contributed by atoms with Crippen molar-refractivity contribution in [3.63, 3.8) is 0 Å². The number of morpholine rings is 1. The van der Waals surface area contributed by atoms with Crippen LogP contribution in [-0.4, -0.2) is 219 Å². The van der Waals surface area contributed by atoms with Gasteiger partial charge in [0.1, 0.15) is 0 Å². The van der Waals surface area contributed by atoms with Crippen molar-refractivity contribution in [1.29, 1.82) is 0 Å². The molecule has 8 rings (SSSR count). The molecule has 0 aliphatic carbocycles. The second-order valence-electron chi connectivity index (χ2n) is 31.8. The Kier molecular flexibility index (Phi) is 30.1. The summed E-state index contributed by atoms with van der Waals surface area (Å²) in [7, 11) is 0. The van der Waals surface area contributed by atoms with E-state index in [2.05, 4.69) is 149 Å². The number of hydrogen-bond acceptors (Lipinski definition) is 9. The fourth-order valence-corrected chi connectivity index (χ4v) is 10.3. The van der Waals surface area contributed by atoms with Gasteiger partial charge in [0, 0.05) is 109 Å². The van der Waals surface area contributed by atoms with E-state index < -0.39 is 17.8 Å². The third kappa shape index (κ3) is 31.2. The molecule has 0 aromatic rings. The number of hydrogen-bond donors (Lipinski definition) is 0. The minimum absolute atomic E-state index is 0.0181. The Morgan fingerprint density at radius 2 is 0.588 bits per heavy atom. The molecule has 80 heavy (non-hydrogen) atoms. The summed E-state index contributed by atoms with van der Waals surface area (Å²) in [5, 5.41) is 0. The van der Waals surface area contributed by atoms with Gasteiger partial charge in [0.25, 0.3) is 17.8 Å². The first-order valence-corrected chi connectivity index (χ1v) is 31.1. The zero-order chi connectivity index (χ0) is 62.2. The average molecular weight is 1160 g/mol. The molecule has 0 radical (unpaired) electrons. The topological polar surface area (TPSA) is 52.2 Å². The Hall–Kier alpha value is -1.27. The van der Waals surface area contributed by atoms with Gasteiger partial charge in [-0.15, -0.1) is 0 Å². The lowest BCUT2D eigenvalue weighted by Gasteiger charge is -2.47. The highest BCUT2D eigenvalue weighted by molar-refractivity contribution is 5.78. The quantitative estimate of drug-likeness (QED) is 0.221. The minimum Gasteiger partial charge on any atom is -0.379 e. The zero-order valence-electron chi connectivity index (χ0n) is 56.5. The second-order valence-corrected chi connectivity index (χ2v) is 31.8. The maximum absolute atomic E-state index is 12.7. The van der Waals surface area contributed by atoms with Crippen molar-refractivity contribution >= 4 is 5.91 Å². The molecule has 0 spiro atoms. The molecule has 1 amide bonds. The molecular weight excluding hydrogens is 1030 g/mol. The molecule has 0 aromatic heterocycles. The molecule has 0 bridgehead atoms. The van der Waals surface area contributed by atoms with Crippen LogP contribution < -0.4 is 0 Å². The van der Waals surface area contributed by atoms with Crippen molar-refractivity contribution in [2.45, 2.75) is 299 Å². The molecule has 0 unspecified atom stereocenters. The zero-order valence-corrected chi connectivity index (χ0v) is 56.5. The smallest absolute Gasteiger partial charge is 0.272 e. The average Bonchev–Trinajstić information content (AvgIpc) is 4.05. The Labute approximate surface area is 489 Å². The van der Waals surface area contributed by atoms with Gasteiger partial charge in [-0.2, -0.15) is 0 Å². The minimum atomic E-state index is -2.45. The molecule has 16 heteroatoms. The Morgan fingerprint density at radius 3 is 0.787 bits per heavy atom. The number of carbonyl (C=O) groups excluding carboxylic acids is 1. The number of rotatable bonds is 0. The van der Waals surface area contributed by atoms with Gasteiger partial charge in [-0.05, 0) is 244 Å². The number of carbonyl (C=O) groups is 1. The predicted molar refractivity (Wildman–Crippen MR) is 327 cm³/mol. The normalized spacial score (nSPS) is 23.9. The van der Waals surface area contributed by atoms with E-state index in [9.17, 15) is 31.1 Å². The van der Waals surface area contributed by atoms with E-state index in [1.165, 1.54) is 77.8 Å². The fourth-order valence-electron chi connectivity index (χ4n) is 10.3. The van der Waals surface area contributed by atoms with E-state index in [1.54, 1.807) is 4.90 Å². The molecule has 8 aliphatic rings. The number of ether oxygens (including phenoxy) is 1. The van der Waals surface area contributed by atoms with Crippen molar-refractivity contribution < 1.29 is 35.9 Å². The molecule has 0 N–H and O–H groups in total. The van der Waals surface area contributed by atoms with Crippen molar-refractivity contribution in [2.75, 3.05) is 111 Å². The largest absolute Gasteiger partial charge is 0.379 e. The van der Waals surface area contributed by atoms with Crippen molar-refractivity contribution in [3.05, 3.63) is 0 Å². The fraction of sp³-hybridized carbons (Fsp3) is 0.984. The van der Waals surface area contributed by atoms with Gasteiger partial charge in [-0.1, -0.05) is 6.42 Å². The van der Waals surface area contributed by atoms with Gasteiger partial charge in [0.2, 0.25) is 5.91 Å². The molecule has 8 fully saturated rings. The first kappa shape index (κ1) is 76.7. The Morgan fingerprint density at radius 1 is 0.300 bits per heavy atom. The van der Waals surface area contributed by atoms with Crippen molar-refractivity contribution in [1.82, 2.24) is 39.2 Å². The van der Waals surface area contributed by atoms with E-state index in [1.807, 2.05) is 51.3 Å². The van der Waals surface area contributed by atoms with Gasteiger partial charge < -0.3 is 9.64 Å². The third-order valence-corrected chi connectivity index (χ3v) is 16.4. The van der Waals surface area contributed by atoms with Crippen LogP contribution in [0, 0.1) is 0 Å². The van der Waals surface area contributed by atoms with Crippen LogP contribution in [0.1, 0.15) is 237 Å². The number of alkyl halides is 6. The third-order valence-electron chi connectivity index (χ3n) is 16.4. The summed E-state index contributed by atoms with van der Waals surface area (Å²) >= 11 is 0. The highest BCUT2D eigenvalue weighted by Gasteiger charge is 2.48. The Bertz CT molecular complexity index is 1660. The molecule has 8 heterocycles. The highest BCUT2D eigenvalue weighted by Crippen LogP contribution is 2.34. The predicted octanol–water partition coefficient (Wildman–Crippen LogP) is 14.5. The van der Waals surface area contributed by atoms with Gasteiger partial charge in [0.15, 0.2) is 0 Å². The summed E-state index contributed by atoms with van der Waals surface area (Å²) in [4.78, 5) is 28.9. The van der Waals surface area contributed by atoms with E-state index in [4.69, 9.17) is 4.74 Å². The summed E-state index contributed by atoms with van der Waals surface area (Å²) in [6, 6.07) is 0. The summed E-state index contributed by atoms with van der Waals surface area (Å²) in [6.07, 6.45) is 10.3. The van der Waals surface area contributed by atoms with Crippen LogP contribution in [0.15, 0.2) is 0 Å². The number of likely N-dealkylation sites (tertiary alicyclic amines) is 7. The number of nitrogens with zero attached hydrogens (tertiary/aromatic N) is 8.